The molecule has 1 atom stereocenters. The molecule has 0 aliphatic carbocycles. The first-order chi connectivity index (χ1) is 15.3. The molecule has 32 heavy (non-hydrogen) atoms. The molecular weight excluding hydrogens is 400 g/mol. The Kier molecular flexibility index (Phi) is 14.4. The maximum absolute atomic E-state index is 12.3. The molecule has 4 nitrogen and oxygen atoms in total. The van der Waals surface area contributed by atoms with E-state index in [4.69, 9.17) is 4.74 Å². The van der Waals surface area contributed by atoms with Gasteiger partial charge in [-0.3, -0.25) is 9.59 Å². The molecule has 0 aliphatic heterocycles. The van der Waals surface area contributed by atoms with Gasteiger partial charge in [-0.1, -0.05) is 89.2 Å². The number of ketones is 1. The zero-order chi connectivity index (χ0) is 23.8. The Morgan fingerprint density at radius 1 is 0.906 bits per heavy atom. The van der Waals surface area contributed by atoms with Crippen LogP contribution in [0.3, 0.4) is 0 Å². The molecule has 0 spiro atoms. The van der Waals surface area contributed by atoms with Crippen molar-refractivity contribution in [2.75, 3.05) is 0 Å². The molecule has 0 radical (unpaired) electrons. The summed E-state index contributed by atoms with van der Waals surface area (Å²) in [6.45, 7) is 7.71. The van der Waals surface area contributed by atoms with E-state index in [9.17, 15) is 14.7 Å². The SMILES string of the molecule is CCCCCCCCCCCCCCC(=O)OC(C)c1ccc(O)c(C(=O)C=C(C)C)c1. The molecule has 1 aromatic carbocycles. The molecular formula is C28H44O4. The van der Waals surface area contributed by atoms with Crippen molar-refractivity contribution in [1.82, 2.24) is 0 Å². The van der Waals surface area contributed by atoms with Gasteiger partial charge in [0, 0.05) is 6.42 Å². The summed E-state index contributed by atoms with van der Waals surface area (Å²) >= 11 is 0. The number of hydrogen-bond donors (Lipinski definition) is 1. The lowest BCUT2D eigenvalue weighted by atomic mass is 10.0. The number of rotatable bonds is 17. The van der Waals surface area contributed by atoms with Crippen molar-refractivity contribution in [2.24, 2.45) is 0 Å². The quantitative estimate of drug-likeness (QED) is 0.114. The van der Waals surface area contributed by atoms with E-state index in [1.54, 1.807) is 19.1 Å². The topological polar surface area (TPSA) is 63.6 Å². The van der Waals surface area contributed by atoms with Crippen LogP contribution in [0.1, 0.15) is 133 Å². The molecule has 0 bridgehead atoms. The van der Waals surface area contributed by atoms with Crippen molar-refractivity contribution in [2.45, 2.75) is 117 Å². The Hall–Kier alpha value is -2.10. The predicted molar refractivity (Wildman–Crippen MR) is 132 cm³/mol. The van der Waals surface area contributed by atoms with Gasteiger partial charge in [0.1, 0.15) is 11.9 Å². The average molecular weight is 445 g/mol. The Morgan fingerprint density at radius 2 is 1.44 bits per heavy atom. The van der Waals surface area contributed by atoms with Crippen molar-refractivity contribution in [3.8, 4) is 5.75 Å². The molecule has 0 heterocycles. The van der Waals surface area contributed by atoms with Gasteiger partial charge >= 0.3 is 5.97 Å². The molecule has 1 unspecified atom stereocenters. The first-order valence-electron chi connectivity index (χ1n) is 12.6. The average Bonchev–Trinajstić information content (AvgIpc) is 2.74. The normalized spacial score (nSPS) is 11.8. The van der Waals surface area contributed by atoms with Crippen LogP contribution in [0.15, 0.2) is 29.8 Å². The van der Waals surface area contributed by atoms with Crippen LogP contribution in [-0.2, 0) is 9.53 Å². The molecule has 4 heteroatoms. The largest absolute Gasteiger partial charge is 0.507 e. The molecule has 1 aromatic rings. The van der Waals surface area contributed by atoms with Crippen LogP contribution < -0.4 is 0 Å². The Morgan fingerprint density at radius 3 is 1.97 bits per heavy atom. The number of benzene rings is 1. The summed E-state index contributed by atoms with van der Waals surface area (Å²) in [6, 6.07) is 4.78. The highest BCUT2D eigenvalue weighted by Gasteiger charge is 2.16. The Bertz CT molecular complexity index is 716. The highest BCUT2D eigenvalue weighted by molar-refractivity contribution is 6.06. The standard InChI is InChI=1S/C28H44O4/c1-5-6-7-8-9-10-11-12-13-14-15-16-17-28(31)32-23(4)24-18-19-26(29)25(21-24)27(30)20-22(2)3/h18-21,23,29H,5-17H2,1-4H3. The van der Waals surface area contributed by atoms with Gasteiger partial charge < -0.3 is 9.84 Å². The lowest BCUT2D eigenvalue weighted by Crippen LogP contribution is -2.09. The molecule has 0 saturated heterocycles. The van der Waals surface area contributed by atoms with Gasteiger partial charge in [-0.05, 0) is 51.0 Å². The van der Waals surface area contributed by atoms with Crippen LogP contribution in [0.4, 0.5) is 0 Å². The van der Waals surface area contributed by atoms with E-state index in [0.29, 0.717) is 12.0 Å². The number of esters is 1. The minimum Gasteiger partial charge on any atom is -0.507 e. The summed E-state index contributed by atoms with van der Waals surface area (Å²) in [4.78, 5) is 24.5. The number of ether oxygens (including phenoxy) is 1. The van der Waals surface area contributed by atoms with E-state index in [1.807, 2.05) is 13.8 Å². The van der Waals surface area contributed by atoms with E-state index in [0.717, 1.165) is 18.4 Å². The molecule has 0 fully saturated rings. The van der Waals surface area contributed by atoms with Crippen LogP contribution in [0.25, 0.3) is 0 Å². The summed E-state index contributed by atoms with van der Waals surface area (Å²) in [5, 5.41) is 10.0. The van der Waals surface area contributed by atoms with Gasteiger partial charge in [0.05, 0.1) is 5.56 Å². The number of aromatic hydroxyl groups is 1. The van der Waals surface area contributed by atoms with Gasteiger partial charge in [0.25, 0.3) is 0 Å². The molecule has 0 amide bonds. The van der Waals surface area contributed by atoms with Gasteiger partial charge in [-0.15, -0.1) is 0 Å². The van der Waals surface area contributed by atoms with Crippen molar-refractivity contribution < 1.29 is 19.4 Å². The zero-order valence-electron chi connectivity index (χ0n) is 20.8. The van der Waals surface area contributed by atoms with Crippen LogP contribution in [0.5, 0.6) is 5.75 Å². The lowest BCUT2D eigenvalue weighted by Gasteiger charge is -2.15. The number of carbonyl (C=O) groups is 2. The van der Waals surface area contributed by atoms with Gasteiger partial charge in [-0.25, -0.2) is 0 Å². The van der Waals surface area contributed by atoms with E-state index in [-0.39, 0.29) is 23.1 Å². The second-order valence-corrected chi connectivity index (χ2v) is 9.13. The fraction of sp³-hybridized carbons (Fsp3) is 0.643. The first-order valence-corrected chi connectivity index (χ1v) is 12.6. The number of unbranched alkanes of at least 4 members (excludes halogenated alkanes) is 11. The van der Waals surface area contributed by atoms with E-state index in [2.05, 4.69) is 6.92 Å². The second-order valence-electron chi connectivity index (χ2n) is 9.13. The van der Waals surface area contributed by atoms with Crippen LogP contribution >= 0.6 is 0 Å². The van der Waals surface area contributed by atoms with Crippen molar-refractivity contribution in [3.05, 3.63) is 41.0 Å². The van der Waals surface area contributed by atoms with E-state index in [1.165, 1.54) is 76.4 Å². The number of phenolic OH excluding ortho intramolecular Hbond substituents is 1. The third-order valence-corrected chi connectivity index (χ3v) is 5.72. The maximum Gasteiger partial charge on any atom is 0.306 e. The summed E-state index contributed by atoms with van der Waals surface area (Å²) in [5.41, 5.74) is 1.80. The molecule has 1 rings (SSSR count). The van der Waals surface area contributed by atoms with Gasteiger partial charge in [0.2, 0.25) is 0 Å². The zero-order valence-corrected chi connectivity index (χ0v) is 20.8. The monoisotopic (exact) mass is 444 g/mol. The summed E-state index contributed by atoms with van der Waals surface area (Å²) in [5.74, 6) is -0.527. The summed E-state index contributed by atoms with van der Waals surface area (Å²) in [6.07, 6.45) is 16.6. The number of phenols is 1. The minimum absolute atomic E-state index is 0.0636. The maximum atomic E-state index is 12.3. The van der Waals surface area contributed by atoms with E-state index >= 15 is 0 Å². The fourth-order valence-electron chi connectivity index (χ4n) is 3.78. The van der Waals surface area contributed by atoms with Crippen molar-refractivity contribution >= 4 is 11.8 Å². The number of hydrogen-bond acceptors (Lipinski definition) is 4. The highest BCUT2D eigenvalue weighted by atomic mass is 16.5. The second kappa shape index (κ2) is 16.5. The first kappa shape index (κ1) is 27.9. The molecule has 0 aliphatic rings. The minimum atomic E-state index is -0.460. The molecule has 0 saturated carbocycles. The van der Waals surface area contributed by atoms with Crippen LogP contribution in [-0.4, -0.2) is 16.9 Å². The summed E-state index contributed by atoms with van der Waals surface area (Å²) in [7, 11) is 0. The number of allylic oxidation sites excluding steroid dienone is 2. The van der Waals surface area contributed by atoms with Gasteiger partial charge in [0.15, 0.2) is 5.78 Å². The van der Waals surface area contributed by atoms with Crippen LogP contribution in [0, 0.1) is 0 Å². The predicted octanol–water partition coefficient (Wildman–Crippen LogP) is 8.24. The van der Waals surface area contributed by atoms with Gasteiger partial charge in [-0.2, -0.15) is 0 Å². The van der Waals surface area contributed by atoms with E-state index < -0.39 is 6.10 Å². The summed E-state index contributed by atoms with van der Waals surface area (Å²) < 4.78 is 5.54. The van der Waals surface area contributed by atoms with Crippen molar-refractivity contribution in [3.63, 3.8) is 0 Å². The Labute approximate surface area is 195 Å². The molecule has 180 valence electrons. The lowest BCUT2D eigenvalue weighted by molar-refractivity contribution is -0.148. The fourth-order valence-corrected chi connectivity index (χ4v) is 3.78. The van der Waals surface area contributed by atoms with Crippen LogP contribution in [0.2, 0.25) is 0 Å². The molecule has 1 N–H and O–H groups in total. The smallest absolute Gasteiger partial charge is 0.306 e. The molecule has 0 aromatic heterocycles. The Balaban J connectivity index is 2.24. The third kappa shape index (κ3) is 12.1. The highest BCUT2D eigenvalue weighted by Crippen LogP contribution is 2.26. The number of carbonyl (C=O) groups excluding carboxylic acids is 2. The van der Waals surface area contributed by atoms with Crippen molar-refractivity contribution in [1.29, 1.82) is 0 Å². The third-order valence-electron chi connectivity index (χ3n) is 5.72.